The summed E-state index contributed by atoms with van der Waals surface area (Å²) in [4.78, 5) is 28.7. The number of anilines is 1. The molecule has 2 aliphatic heterocycles. The Balaban J connectivity index is 1.44. The number of halogens is 3. The number of carbonyl (C=O) groups is 2. The first kappa shape index (κ1) is 24.6. The second-order valence-corrected chi connectivity index (χ2v) is 9.46. The van der Waals surface area contributed by atoms with Gasteiger partial charge in [-0.2, -0.15) is 18.4 Å². The van der Waals surface area contributed by atoms with E-state index in [2.05, 4.69) is 0 Å². The lowest BCUT2D eigenvalue weighted by Crippen LogP contribution is -2.44. The SMILES string of the molecule is N#Cc1ccc(N2CCC3(CC2)CC(C(N)=O)N(C(=O)CCc2ccccc2)C3)cc1C(F)(F)F. The number of hydrogen-bond donors (Lipinski definition) is 1. The molecule has 184 valence electrons. The number of carbonyl (C=O) groups excluding carboxylic acids is 2. The Hall–Kier alpha value is -3.54. The van der Waals surface area contributed by atoms with Crippen LogP contribution in [0.15, 0.2) is 48.5 Å². The summed E-state index contributed by atoms with van der Waals surface area (Å²) in [6.07, 6.45) is -2.04. The topological polar surface area (TPSA) is 90.4 Å². The average Bonchev–Trinajstić information content (AvgIpc) is 3.22. The highest BCUT2D eigenvalue weighted by Crippen LogP contribution is 2.45. The third-order valence-electron chi connectivity index (χ3n) is 7.25. The van der Waals surface area contributed by atoms with Crippen molar-refractivity contribution in [2.75, 3.05) is 24.5 Å². The van der Waals surface area contributed by atoms with Gasteiger partial charge in [-0.1, -0.05) is 30.3 Å². The van der Waals surface area contributed by atoms with Gasteiger partial charge >= 0.3 is 6.18 Å². The largest absolute Gasteiger partial charge is 0.417 e. The molecule has 0 aliphatic carbocycles. The van der Waals surface area contributed by atoms with E-state index in [1.807, 2.05) is 35.2 Å². The van der Waals surface area contributed by atoms with Crippen LogP contribution in [0.3, 0.4) is 0 Å². The Kier molecular flexibility index (Phi) is 6.75. The van der Waals surface area contributed by atoms with Crippen LogP contribution < -0.4 is 10.6 Å². The maximum atomic E-state index is 13.4. The van der Waals surface area contributed by atoms with E-state index in [0.29, 0.717) is 51.0 Å². The molecule has 0 saturated carbocycles. The maximum absolute atomic E-state index is 13.4. The predicted octanol–water partition coefficient (Wildman–Crippen LogP) is 3.88. The summed E-state index contributed by atoms with van der Waals surface area (Å²) in [7, 11) is 0. The molecule has 0 bridgehead atoms. The van der Waals surface area contributed by atoms with Crippen molar-refractivity contribution in [3.05, 3.63) is 65.2 Å². The number of amides is 2. The van der Waals surface area contributed by atoms with Gasteiger partial charge in [0.1, 0.15) is 6.04 Å². The van der Waals surface area contributed by atoms with Crippen LogP contribution in [0.2, 0.25) is 0 Å². The summed E-state index contributed by atoms with van der Waals surface area (Å²) in [5.74, 6) is -0.641. The normalized spacial score (nSPS) is 19.5. The minimum Gasteiger partial charge on any atom is -0.371 e. The Bertz CT molecular complexity index is 1140. The number of likely N-dealkylation sites (tertiary alicyclic amines) is 1. The first-order valence-electron chi connectivity index (χ1n) is 11.6. The van der Waals surface area contributed by atoms with Crippen molar-refractivity contribution in [3.8, 4) is 6.07 Å². The molecule has 2 heterocycles. The van der Waals surface area contributed by atoms with Crippen molar-refractivity contribution in [1.29, 1.82) is 5.26 Å². The fourth-order valence-electron chi connectivity index (χ4n) is 5.27. The van der Waals surface area contributed by atoms with Crippen LogP contribution >= 0.6 is 0 Å². The van der Waals surface area contributed by atoms with E-state index in [9.17, 15) is 22.8 Å². The van der Waals surface area contributed by atoms with Gasteiger partial charge in [0.25, 0.3) is 0 Å². The van der Waals surface area contributed by atoms with Gasteiger partial charge in [0.15, 0.2) is 0 Å². The molecule has 2 fully saturated rings. The number of alkyl halides is 3. The molecule has 2 aliphatic rings. The van der Waals surface area contributed by atoms with Crippen molar-refractivity contribution < 1.29 is 22.8 Å². The monoisotopic (exact) mass is 484 g/mol. The molecule has 2 saturated heterocycles. The molecule has 4 rings (SSSR count). The highest BCUT2D eigenvalue weighted by Gasteiger charge is 2.49. The lowest BCUT2D eigenvalue weighted by atomic mass is 9.76. The molecule has 6 nitrogen and oxygen atoms in total. The van der Waals surface area contributed by atoms with E-state index < -0.39 is 29.3 Å². The third-order valence-corrected chi connectivity index (χ3v) is 7.25. The Morgan fingerprint density at radius 3 is 2.40 bits per heavy atom. The summed E-state index contributed by atoms with van der Waals surface area (Å²) < 4.78 is 40.1. The number of rotatable bonds is 5. The average molecular weight is 485 g/mol. The number of nitrogens with zero attached hydrogens (tertiary/aromatic N) is 3. The quantitative estimate of drug-likeness (QED) is 0.697. The summed E-state index contributed by atoms with van der Waals surface area (Å²) >= 11 is 0. The maximum Gasteiger partial charge on any atom is 0.417 e. The standard InChI is InChI=1S/C26H27F3N4O2/c27-26(28,29)21-14-20(8-7-19(21)16-30)32-12-10-25(11-13-32)15-22(24(31)35)33(17-25)23(34)9-6-18-4-2-1-3-5-18/h1-5,7-8,14,22H,6,9-13,15,17H2,(H2,31,35). The molecule has 2 N–H and O–H groups in total. The highest BCUT2D eigenvalue weighted by molar-refractivity contribution is 5.87. The number of primary amides is 1. The Morgan fingerprint density at radius 2 is 1.80 bits per heavy atom. The summed E-state index contributed by atoms with van der Waals surface area (Å²) in [6.45, 7) is 1.39. The number of aryl methyl sites for hydroxylation is 1. The van der Waals surface area contributed by atoms with Crippen LogP contribution in [0.25, 0.3) is 0 Å². The third kappa shape index (κ3) is 5.26. The van der Waals surface area contributed by atoms with Crippen LogP contribution in [0.4, 0.5) is 18.9 Å². The van der Waals surface area contributed by atoms with Crippen LogP contribution in [0.5, 0.6) is 0 Å². The number of piperidine rings is 1. The molecule has 1 spiro atoms. The van der Waals surface area contributed by atoms with Gasteiger partial charge in [-0.3, -0.25) is 9.59 Å². The van der Waals surface area contributed by atoms with Gasteiger partial charge in [0.05, 0.1) is 17.2 Å². The molecule has 2 aromatic carbocycles. The zero-order valence-electron chi connectivity index (χ0n) is 19.2. The molecule has 0 radical (unpaired) electrons. The van der Waals surface area contributed by atoms with E-state index in [1.165, 1.54) is 12.1 Å². The lowest BCUT2D eigenvalue weighted by molar-refractivity contribution is -0.137. The van der Waals surface area contributed by atoms with Crippen LogP contribution in [-0.2, 0) is 22.2 Å². The minimum atomic E-state index is -4.61. The molecule has 35 heavy (non-hydrogen) atoms. The van der Waals surface area contributed by atoms with Crippen molar-refractivity contribution in [2.24, 2.45) is 11.1 Å². The van der Waals surface area contributed by atoms with Gasteiger partial charge in [-0.25, -0.2) is 0 Å². The van der Waals surface area contributed by atoms with E-state index >= 15 is 0 Å². The van der Waals surface area contributed by atoms with E-state index in [1.54, 1.807) is 11.0 Å². The van der Waals surface area contributed by atoms with Crippen LogP contribution in [-0.4, -0.2) is 42.4 Å². The minimum absolute atomic E-state index is 0.112. The Labute approximate surface area is 202 Å². The first-order valence-corrected chi connectivity index (χ1v) is 11.6. The molecule has 1 atom stereocenters. The second-order valence-electron chi connectivity index (χ2n) is 9.46. The Morgan fingerprint density at radius 1 is 1.11 bits per heavy atom. The number of benzene rings is 2. The molecular weight excluding hydrogens is 457 g/mol. The van der Waals surface area contributed by atoms with E-state index in [-0.39, 0.29) is 17.7 Å². The smallest absolute Gasteiger partial charge is 0.371 e. The summed E-state index contributed by atoms with van der Waals surface area (Å²) in [6, 6.07) is 14.3. The van der Waals surface area contributed by atoms with Crippen molar-refractivity contribution in [2.45, 2.75) is 44.3 Å². The van der Waals surface area contributed by atoms with E-state index in [0.717, 1.165) is 11.6 Å². The summed E-state index contributed by atoms with van der Waals surface area (Å²) in [5, 5.41) is 9.03. The molecule has 1 unspecified atom stereocenters. The molecule has 9 heteroatoms. The fourth-order valence-corrected chi connectivity index (χ4v) is 5.27. The fraction of sp³-hybridized carbons (Fsp3) is 0.423. The lowest BCUT2D eigenvalue weighted by Gasteiger charge is -2.40. The highest BCUT2D eigenvalue weighted by atomic mass is 19.4. The van der Waals surface area contributed by atoms with Crippen molar-refractivity contribution in [3.63, 3.8) is 0 Å². The zero-order chi connectivity index (χ0) is 25.2. The van der Waals surface area contributed by atoms with Gasteiger partial charge < -0.3 is 15.5 Å². The molecule has 0 aromatic heterocycles. The first-order chi connectivity index (χ1) is 16.6. The van der Waals surface area contributed by atoms with Gasteiger partial charge in [0.2, 0.25) is 11.8 Å². The van der Waals surface area contributed by atoms with Crippen LogP contribution in [0.1, 0.15) is 42.4 Å². The zero-order valence-corrected chi connectivity index (χ0v) is 19.2. The van der Waals surface area contributed by atoms with Gasteiger partial charge in [0, 0.05) is 31.7 Å². The van der Waals surface area contributed by atoms with Gasteiger partial charge in [-0.15, -0.1) is 0 Å². The number of nitrogens with two attached hydrogens (primary N) is 1. The second kappa shape index (κ2) is 9.61. The molecule has 2 aromatic rings. The van der Waals surface area contributed by atoms with Crippen LogP contribution in [0, 0.1) is 16.7 Å². The molecular formula is C26H27F3N4O2. The summed E-state index contributed by atoms with van der Waals surface area (Å²) in [5.41, 5.74) is 5.46. The van der Waals surface area contributed by atoms with Crippen molar-refractivity contribution >= 4 is 17.5 Å². The predicted molar refractivity (Wildman–Crippen MR) is 124 cm³/mol. The number of hydrogen-bond acceptors (Lipinski definition) is 4. The van der Waals surface area contributed by atoms with Crippen molar-refractivity contribution in [1.82, 2.24) is 4.90 Å². The van der Waals surface area contributed by atoms with Gasteiger partial charge in [-0.05, 0) is 54.9 Å². The van der Waals surface area contributed by atoms with E-state index in [4.69, 9.17) is 11.0 Å². The molecule has 2 amide bonds. The number of nitriles is 1.